The largest absolute Gasteiger partial charge is 0.441 e. The van der Waals surface area contributed by atoms with Gasteiger partial charge in [0.25, 0.3) is 0 Å². The summed E-state index contributed by atoms with van der Waals surface area (Å²) in [4.78, 5) is 0. The van der Waals surface area contributed by atoms with E-state index in [9.17, 15) is 13.2 Å². The Kier molecular flexibility index (Phi) is 6.30. The molecule has 0 aliphatic heterocycles. The SMILES string of the molecule is CCC(CC)(CCl)CCSC(F)(F)F. The third kappa shape index (κ3) is 5.35. The number of alkyl halides is 4. The zero-order chi connectivity index (χ0) is 11.2. The lowest BCUT2D eigenvalue weighted by Gasteiger charge is -2.29. The average molecular weight is 249 g/mol. The molecule has 0 atom stereocenters. The number of hydrogen-bond acceptors (Lipinski definition) is 1. The Morgan fingerprint density at radius 1 is 1.14 bits per heavy atom. The van der Waals surface area contributed by atoms with E-state index in [1.807, 2.05) is 13.8 Å². The van der Waals surface area contributed by atoms with Gasteiger partial charge in [0.1, 0.15) is 0 Å². The summed E-state index contributed by atoms with van der Waals surface area (Å²) in [6.07, 6.45) is 2.21. The van der Waals surface area contributed by atoms with Gasteiger partial charge in [-0.2, -0.15) is 13.2 Å². The number of thioether (sulfide) groups is 1. The van der Waals surface area contributed by atoms with Crippen molar-refractivity contribution in [3.05, 3.63) is 0 Å². The lowest BCUT2D eigenvalue weighted by Crippen LogP contribution is -2.22. The summed E-state index contributed by atoms with van der Waals surface area (Å²) < 4.78 is 35.6. The molecule has 0 rings (SSSR count). The van der Waals surface area contributed by atoms with Crippen molar-refractivity contribution in [2.24, 2.45) is 5.41 Å². The van der Waals surface area contributed by atoms with Crippen molar-refractivity contribution in [2.75, 3.05) is 11.6 Å². The van der Waals surface area contributed by atoms with Crippen LogP contribution < -0.4 is 0 Å². The first-order valence-corrected chi connectivity index (χ1v) is 6.18. The lowest BCUT2D eigenvalue weighted by atomic mass is 9.82. The topological polar surface area (TPSA) is 0 Å². The van der Waals surface area contributed by atoms with E-state index in [0.717, 1.165) is 12.8 Å². The first-order valence-electron chi connectivity index (χ1n) is 4.66. The zero-order valence-electron chi connectivity index (χ0n) is 8.46. The molecule has 0 saturated heterocycles. The quantitative estimate of drug-likeness (QED) is 0.616. The molecule has 0 fully saturated rings. The summed E-state index contributed by atoms with van der Waals surface area (Å²) in [5.41, 5.74) is -4.22. The van der Waals surface area contributed by atoms with Crippen molar-refractivity contribution in [2.45, 2.75) is 38.6 Å². The lowest BCUT2D eigenvalue weighted by molar-refractivity contribution is -0.0329. The normalized spacial score (nSPS) is 13.3. The maximum Gasteiger partial charge on any atom is 0.441 e. The first kappa shape index (κ1) is 14.4. The van der Waals surface area contributed by atoms with Crippen molar-refractivity contribution in [1.29, 1.82) is 0 Å². The van der Waals surface area contributed by atoms with Crippen LogP contribution in [0.4, 0.5) is 13.2 Å². The van der Waals surface area contributed by atoms with Gasteiger partial charge < -0.3 is 0 Å². The maximum atomic E-state index is 11.9. The maximum absolute atomic E-state index is 11.9. The monoisotopic (exact) mass is 248 g/mol. The molecule has 86 valence electrons. The van der Waals surface area contributed by atoms with Gasteiger partial charge in [0.15, 0.2) is 0 Å². The second-order valence-electron chi connectivity index (χ2n) is 3.38. The van der Waals surface area contributed by atoms with Crippen LogP contribution in [0.25, 0.3) is 0 Å². The smallest absolute Gasteiger partial charge is 0.160 e. The molecule has 0 nitrogen and oxygen atoms in total. The Morgan fingerprint density at radius 3 is 1.93 bits per heavy atom. The Balaban J connectivity index is 3.95. The highest BCUT2D eigenvalue weighted by molar-refractivity contribution is 8.00. The minimum absolute atomic E-state index is 0.0479. The molecule has 0 amide bonds. The van der Waals surface area contributed by atoms with Crippen molar-refractivity contribution in [3.8, 4) is 0 Å². The van der Waals surface area contributed by atoms with Gasteiger partial charge in [-0.05, 0) is 24.7 Å². The molecule has 0 N–H and O–H groups in total. The summed E-state index contributed by atoms with van der Waals surface area (Å²) in [5, 5.41) is 0. The molecule has 0 unspecified atom stereocenters. The predicted molar refractivity (Wildman–Crippen MR) is 56.9 cm³/mol. The number of rotatable bonds is 6. The molecular formula is C9H16ClF3S. The van der Waals surface area contributed by atoms with Gasteiger partial charge in [-0.25, -0.2) is 0 Å². The Labute approximate surface area is 92.6 Å². The van der Waals surface area contributed by atoms with Crippen LogP contribution in [0, 0.1) is 5.41 Å². The molecule has 0 aromatic heterocycles. The first-order chi connectivity index (χ1) is 6.39. The third-order valence-electron chi connectivity index (χ3n) is 2.68. The van der Waals surface area contributed by atoms with E-state index < -0.39 is 5.51 Å². The Hall–Kier alpha value is 0.430. The molecule has 0 radical (unpaired) electrons. The Morgan fingerprint density at radius 2 is 1.64 bits per heavy atom. The second-order valence-corrected chi connectivity index (χ2v) is 4.81. The van der Waals surface area contributed by atoms with Crippen LogP contribution in [0.2, 0.25) is 0 Å². The van der Waals surface area contributed by atoms with Crippen LogP contribution in [0.3, 0.4) is 0 Å². The van der Waals surface area contributed by atoms with Gasteiger partial charge in [-0.3, -0.25) is 0 Å². The van der Waals surface area contributed by atoms with Crippen molar-refractivity contribution in [3.63, 3.8) is 0 Å². The fraction of sp³-hybridized carbons (Fsp3) is 1.00. The second kappa shape index (κ2) is 6.11. The van der Waals surface area contributed by atoms with Crippen molar-refractivity contribution in [1.82, 2.24) is 0 Å². The molecule has 14 heavy (non-hydrogen) atoms. The van der Waals surface area contributed by atoms with Gasteiger partial charge >= 0.3 is 5.51 Å². The summed E-state index contributed by atoms with van der Waals surface area (Å²) >= 11 is 5.83. The number of halogens is 4. The molecule has 0 aliphatic rings. The molecule has 5 heteroatoms. The fourth-order valence-electron chi connectivity index (χ4n) is 1.24. The summed E-state index contributed by atoms with van der Waals surface area (Å²) in [5.74, 6) is 0.552. The summed E-state index contributed by atoms with van der Waals surface area (Å²) in [7, 11) is 0. The highest BCUT2D eigenvalue weighted by Gasteiger charge is 2.31. The molecule has 0 aromatic carbocycles. The molecule has 0 heterocycles. The molecule has 0 aliphatic carbocycles. The van der Waals surface area contributed by atoms with Crippen LogP contribution >= 0.6 is 23.4 Å². The van der Waals surface area contributed by atoms with Gasteiger partial charge in [0.2, 0.25) is 0 Å². The minimum atomic E-state index is -4.11. The zero-order valence-corrected chi connectivity index (χ0v) is 10.0. The van der Waals surface area contributed by atoms with Crippen molar-refractivity contribution >= 4 is 23.4 Å². The van der Waals surface area contributed by atoms with Crippen LogP contribution in [0.1, 0.15) is 33.1 Å². The van der Waals surface area contributed by atoms with E-state index in [1.54, 1.807) is 0 Å². The van der Waals surface area contributed by atoms with Gasteiger partial charge in [0.05, 0.1) is 0 Å². The van der Waals surface area contributed by atoms with Crippen LogP contribution in [0.5, 0.6) is 0 Å². The standard InChI is InChI=1S/C9H16ClF3S/c1-3-8(4-2,7-10)5-6-14-9(11,12)13/h3-7H2,1-2H3. The summed E-state index contributed by atoms with van der Waals surface area (Å²) in [6.45, 7) is 3.95. The fourth-order valence-corrected chi connectivity index (χ4v) is 2.52. The molecular weight excluding hydrogens is 233 g/mol. The Bertz CT molecular complexity index is 146. The van der Waals surface area contributed by atoms with E-state index >= 15 is 0 Å². The van der Waals surface area contributed by atoms with Crippen LogP contribution in [-0.2, 0) is 0 Å². The van der Waals surface area contributed by atoms with Crippen LogP contribution in [-0.4, -0.2) is 17.1 Å². The van der Waals surface area contributed by atoms with Crippen LogP contribution in [0.15, 0.2) is 0 Å². The van der Waals surface area contributed by atoms with E-state index in [-0.39, 0.29) is 22.9 Å². The van der Waals surface area contributed by atoms with E-state index in [1.165, 1.54) is 0 Å². The number of hydrogen-bond donors (Lipinski definition) is 0. The highest BCUT2D eigenvalue weighted by atomic mass is 35.5. The minimum Gasteiger partial charge on any atom is -0.160 e. The van der Waals surface area contributed by atoms with Gasteiger partial charge in [0, 0.05) is 11.6 Å². The summed E-state index contributed by atoms with van der Waals surface area (Å²) in [6, 6.07) is 0. The molecule has 0 saturated carbocycles. The average Bonchev–Trinajstić information content (AvgIpc) is 2.11. The predicted octanol–water partition coefficient (Wildman–Crippen LogP) is 4.67. The van der Waals surface area contributed by atoms with Crippen molar-refractivity contribution < 1.29 is 13.2 Å². The highest BCUT2D eigenvalue weighted by Crippen LogP contribution is 2.37. The molecule has 0 bridgehead atoms. The molecule has 0 aromatic rings. The van der Waals surface area contributed by atoms with E-state index in [4.69, 9.17) is 11.6 Å². The molecule has 0 spiro atoms. The van der Waals surface area contributed by atoms with Gasteiger partial charge in [-0.1, -0.05) is 25.6 Å². The van der Waals surface area contributed by atoms with E-state index in [0.29, 0.717) is 12.3 Å². The third-order valence-corrected chi connectivity index (χ3v) is 3.98. The van der Waals surface area contributed by atoms with E-state index in [2.05, 4.69) is 0 Å². The van der Waals surface area contributed by atoms with Gasteiger partial charge in [-0.15, -0.1) is 11.6 Å².